The van der Waals surface area contributed by atoms with Crippen LogP contribution in [0.1, 0.15) is 30.5 Å². The monoisotopic (exact) mass is 448 g/mol. The van der Waals surface area contributed by atoms with E-state index in [1.807, 2.05) is 24.3 Å². The first kappa shape index (κ1) is 23.7. The van der Waals surface area contributed by atoms with Gasteiger partial charge in [-0.25, -0.2) is 4.99 Å². The van der Waals surface area contributed by atoms with Gasteiger partial charge in [0.25, 0.3) is 0 Å². The SMILES string of the molecule is CCSC(=Nc1ccc(CC)cc1)N(Cc1ccc(OC)cc1)Cc1ccc(OC)cc1. The molecule has 0 aliphatic carbocycles. The Balaban J connectivity index is 1.92. The highest BCUT2D eigenvalue weighted by molar-refractivity contribution is 8.13. The lowest BCUT2D eigenvalue weighted by Crippen LogP contribution is -2.28. The van der Waals surface area contributed by atoms with E-state index in [9.17, 15) is 0 Å². The average Bonchev–Trinajstić information content (AvgIpc) is 2.84. The van der Waals surface area contributed by atoms with E-state index in [0.29, 0.717) is 0 Å². The van der Waals surface area contributed by atoms with E-state index in [1.165, 1.54) is 16.7 Å². The Kier molecular flexibility index (Phi) is 9.05. The Hall–Kier alpha value is -2.92. The van der Waals surface area contributed by atoms with E-state index in [2.05, 4.69) is 67.3 Å². The summed E-state index contributed by atoms with van der Waals surface area (Å²) >= 11 is 1.77. The number of ether oxygens (including phenoxy) is 2. The van der Waals surface area contributed by atoms with Gasteiger partial charge in [0.15, 0.2) is 5.17 Å². The summed E-state index contributed by atoms with van der Waals surface area (Å²) in [5.74, 6) is 2.68. The number of rotatable bonds is 9. The van der Waals surface area contributed by atoms with E-state index in [-0.39, 0.29) is 0 Å². The van der Waals surface area contributed by atoms with Gasteiger partial charge in [-0.2, -0.15) is 0 Å². The average molecular weight is 449 g/mol. The van der Waals surface area contributed by atoms with Crippen LogP contribution in [0.15, 0.2) is 77.8 Å². The Bertz CT molecular complexity index is 934. The van der Waals surface area contributed by atoms with Gasteiger partial charge in [-0.15, -0.1) is 0 Å². The van der Waals surface area contributed by atoms with Gasteiger partial charge in [-0.3, -0.25) is 0 Å². The molecule has 0 radical (unpaired) electrons. The fourth-order valence-electron chi connectivity index (χ4n) is 3.33. The molecule has 0 aliphatic heterocycles. The Morgan fingerprint density at radius 1 is 0.719 bits per heavy atom. The Morgan fingerprint density at radius 3 is 1.59 bits per heavy atom. The zero-order valence-corrected chi connectivity index (χ0v) is 20.2. The zero-order valence-electron chi connectivity index (χ0n) is 19.4. The second kappa shape index (κ2) is 12.2. The van der Waals surface area contributed by atoms with Crippen LogP contribution in [0.2, 0.25) is 0 Å². The smallest absolute Gasteiger partial charge is 0.164 e. The summed E-state index contributed by atoms with van der Waals surface area (Å²) in [5.41, 5.74) is 4.73. The Morgan fingerprint density at radius 2 is 1.19 bits per heavy atom. The molecule has 168 valence electrons. The first-order valence-electron chi connectivity index (χ1n) is 11.0. The predicted molar refractivity (Wildman–Crippen MR) is 136 cm³/mol. The van der Waals surface area contributed by atoms with Crippen molar-refractivity contribution in [3.05, 3.63) is 89.5 Å². The third-order valence-electron chi connectivity index (χ3n) is 5.18. The van der Waals surface area contributed by atoms with Crippen molar-refractivity contribution in [2.24, 2.45) is 4.99 Å². The maximum absolute atomic E-state index is 5.32. The molecule has 3 aromatic carbocycles. The van der Waals surface area contributed by atoms with Crippen LogP contribution in [-0.4, -0.2) is 30.0 Å². The highest BCUT2D eigenvalue weighted by Gasteiger charge is 2.14. The van der Waals surface area contributed by atoms with Crippen LogP contribution in [0.5, 0.6) is 11.5 Å². The first-order chi connectivity index (χ1) is 15.6. The minimum atomic E-state index is 0.759. The second-order valence-electron chi connectivity index (χ2n) is 7.40. The number of nitrogens with zero attached hydrogens (tertiary/aromatic N) is 2. The molecular formula is C27H32N2O2S. The molecule has 0 aromatic heterocycles. The van der Waals surface area contributed by atoms with E-state index >= 15 is 0 Å². The normalized spacial score (nSPS) is 11.3. The zero-order chi connectivity index (χ0) is 22.8. The van der Waals surface area contributed by atoms with Gasteiger partial charge in [-0.05, 0) is 65.3 Å². The molecule has 0 amide bonds. The van der Waals surface area contributed by atoms with Crippen LogP contribution in [0.25, 0.3) is 0 Å². The number of hydrogen-bond donors (Lipinski definition) is 0. The molecule has 0 unspecified atom stereocenters. The molecule has 0 heterocycles. The van der Waals surface area contributed by atoms with Gasteiger partial charge in [0.1, 0.15) is 11.5 Å². The number of aliphatic imine (C=N–C) groups is 1. The van der Waals surface area contributed by atoms with Crippen molar-refractivity contribution in [1.29, 1.82) is 0 Å². The maximum Gasteiger partial charge on any atom is 0.164 e. The lowest BCUT2D eigenvalue weighted by Gasteiger charge is -2.26. The third-order valence-corrected chi connectivity index (χ3v) is 6.07. The predicted octanol–water partition coefficient (Wildman–Crippen LogP) is 6.71. The van der Waals surface area contributed by atoms with Crippen LogP contribution in [0.4, 0.5) is 5.69 Å². The minimum Gasteiger partial charge on any atom is -0.497 e. The summed E-state index contributed by atoms with van der Waals surface area (Å²) in [5, 5.41) is 1.02. The summed E-state index contributed by atoms with van der Waals surface area (Å²) in [6.45, 7) is 5.85. The molecule has 0 N–H and O–H groups in total. The largest absolute Gasteiger partial charge is 0.497 e. The van der Waals surface area contributed by atoms with Crippen molar-refractivity contribution in [1.82, 2.24) is 4.90 Å². The topological polar surface area (TPSA) is 34.1 Å². The van der Waals surface area contributed by atoms with E-state index in [0.717, 1.165) is 47.6 Å². The highest BCUT2D eigenvalue weighted by Crippen LogP contribution is 2.23. The molecule has 0 aliphatic rings. The number of amidine groups is 1. The van der Waals surface area contributed by atoms with Crippen LogP contribution >= 0.6 is 11.8 Å². The van der Waals surface area contributed by atoms with Gasteiger partial charge < -0.3 is 14.4 Å². The van der Waals surface area contributed by atoms with Gasteiger partial charge in [0.2, 0.25) is 0 Å². The van der Waals surface area contributed by atoms with E-state index < -0.39 is 0 Å². The van der Waals surface area contributed by atoms with Gasteiger partial charge in [0, 0.05) is 13.1 Å². The maximum atomic E-state index is 5.32. The Labute approximate surface area is 196 Å². The molecule has 4 nitrogen and oxygen atoms in total. The van der Waals surface area contributed by atoms with Gasteiger partial charge >= 0.3 is 0 Å². The molecule has 0 bridgehead atoms. The summed E-state index contributed by atoms with van der Waals surface area (Å²) in [6.07, 6.45) is 1.03. The molecule has 5 heteroatoms. The summed E-state index contributed by atoms with van der Waals surface area (Å²) in [4.78, 5) is 7.38. The van der Waals surface area contributed by atoms with Crippen molar-refractivity contribution in [3.8, 4) is 11.5 Å². The van der Waals surface area contributed by atoms with Crippen LogP contribution in [-0.2, 0) is 19.5 Å². The van der Waals surface area contributed by atoms with Crippen LogP contribution in [0, 0.1) is 0 Å². The first-order valence-corrected chi connectivity index (χ1v) is 11.9. The molecular weight excluding hydrogens is 416 g/mol. The molecule has 0 saturated carbocycles. The number of thioether (sulfide) groups is 1. The third kappa shape index (κ3) is 6.79. The summed E-state index contributed by atoms with van der Waals surface area (Å²) in [6, 6.07) is 25.0. The van der Waals surface area contributed by atoms with Crippen molar-refractivity contribution >= 4 is 22.6 Å². The van der Waals surface area contributed by atoms with Gasteiger partial charge in [-0.1, -0.05) is 62.0 Å². The fourth-order valence-corrected chi connectivity index (χ4v) is 4.07. The highest BCUT2D eigenvalue weighted by atomic mass is 32.2. The minimum absolute atomic E-state index is 0.759. The van der Waals surface area contributed by atoms with E-state index in [4.69, 9.17) is 14.5 Å². The van der Waals surface area contributed by atoms with E-state index in [1.54, 1.807) is 26.0 Å². The molecule has 0 spiro atoms. The van der Waals surface area contributed by atoms with Crippen molar-refractivity contribution in [3.63, 3.8) is 0 Å². The number of methoxy groups -OCH3 is 2. The van der Waals surface area contributed by atoms with Crippen molar-refractivity contribution in [2.45, 2.75) is 33.4 Å². The number of aryl methyl sites for hydroxylation is 1. The lowest BCUT2D eigenvalue weighted by atomic mass is 10.1. The van der Waals surface area contributed by atoms with Crippen LogP contribution in [0.3, 0.4) is 0 Å². The lowest BCUT2D eigenvalue weighted by molar-refractivity contribution is 0.405. The standard InChI is InChI=1S/C27H32N2O2S/c1-5-21-7-13-24(14-8-21)28-27(32-6-2)29(19-22-9-15-25(30-3)16-10-22)20-23-11-17-26(31-4)18-12-23/h7-18H,5-6,19-20H2,1-4H3. The van der Waals surface area contributed by atoms with Gasteiger partial charge in [0.05, 0.1) is 19.9 Å². The molecule has 0 atom stereocenters. The molecule has 0 fully saturated rings. The summed E-state index contributed by atoms with van der Waals surface area (Å²) < 4.78 is 10.6. The second-order valence-corrected chi connectivity index (χ2v) is 8.63. The quantitative estimate of drug-likeness (QED) is 0.269. The molecule has 3 rings (SSSR count). The molecule has 3 aromatic rings. The van der Waals surface area contributed by atoms with Crippen molar-refractivity contribution < 1.29 is 9.47 Å². The summed E-state index contributed by atoms with van der Waals surface area (Å²) in [7, 11) is 3.38. The molecule has 0 saturated heterocycles. The fraction of sp³-hybridized carbons (Fsp3) is 0.296. The van der Waals surface area contributed by atoms with Crippen molar-refractivity contribution in [2.75, 3.05) is 20.0 Å². The number of benzene rings is 3. The number of hydrogen-bond acceptors (Lipinski definition) is 4. The molecule has 32 heavy (non-hydrogen) atoms. The van der Waals surface area contributed by atoms with Crippen LogP contribution < -0.4 is 9.47 Å².